The van der Waals surface area contributed by atoms with Gasteiger partial charge in [-0.1, -0.05) is 6.92 Å². The summed E-state index contributed by atoms with van der Waals surface area (Å²) in [4.78, 5) is 17.3. The van der Waals surface area contributed by atoms with E-state index in [-0.39, 0.29) is 6.04 Å². The number of anilines is 1. The van der Waals surface area contributed by atoms with Gasteiger partial charge in [0.15, 0.2) is 0 Å². The van der Waals surface area contributed by atoms with Gasteiger partial charge >= 0.3 is 5.97 Å². The zero-order valence-electron chi connectivity index (χ0n) is 9.80. The van der Waals surface area contributed by atoms with Gasteiger partial charge in [0.25, 0.3) is 0 Å². The SMILES string of the molecule is CCC1COCCN1c1cnccc1C(=O)O. The number of aromatic carboxylic acids is 1. The highest BCUT2D eigenvalue weighted by molar-refractivity contribution is 5.94. The van der Waals surface area contributed by atoms with Gasteiger partial charge in [-0.2, -0.15) is 0 Å². The number of nitrogens with zero attached hydrogens (tertiary/aromatic N) is 2. The zero-order chi connectivity index (χ0) is 12.3. The van der Waals surface area contributed by atoms with Crippen LogP contribution in [0.15, 0.2) is 18.5 Å². The van der Waals surface area contributed by atoms with Crippen LogP contribution in [0.25, 0.3) is 0 Å². The molecule has 1 aromatic rings. The molecule has 0 spiro atoms. The van der Waals surface area contributed by atoms with Crippen LogP contribution >= 0.6 is 0 Å². The van der Waals surface area contributed by atoms with E-state index in [1.807, 2.05) is 0 Å². The Morgan fingerprint density at radius 2 is 2.53 bits per heavy atom. The summed E-state index contributed by atoms with van der Waals surface area (Å²) in [5.41, 5.74) is 0.996. The molecule has 1 atom stereocenters. The van der Waals surface area contributed by atoms with E-state index in [4.69, 9.17) is 9.84 Å². The van der Waals surface area contributed by atoms with E-state index in [2.05, 4.69) is 16.8 Å². The normalized spacial score (nSPS) is 20.3. The number of hydrogen-bond acceptors (Lipinski definition) is 4. The standard InChI is InChI=1S/C12H16N2O3/c1-2-9-8-17-6-5-14(9)11-7-13-4-3-10(11)12(15)16/h3-4,7,9H,2,5-6,8H2,1H3,(H,15,16). The van der Waals surface area contributed by atoms with Crippen molar-refractivity contribution in [1.29, 1.82) is 0 Å². The molecule has 1 unspecified atom stereocenters. The first-order chi connectivity index (χ1) is 8.24. The Morgan fingerprint density at radius 1 is 1.71 bits per heavy atom. The molecule has 0 aliphatic carbocycles. The third kappa shape index (κ3) is 2.39. The van der Waals surface area contributed by atoms with Crippen LogP contribution in [0.2, 0.25) is 0 Å². The lowest BCUT2D eigenvalue weighted by atomic mass is 10.1. The summed E-state index contributed by atoms with van der Waals surface area (Å²) < 4.78 is 5.42. The van der Waals surface area contributed by atoms with E-state index in [0.29, 0.717) is 31.0 Å². The Balaban J connectivity index is 2.34. The van der Waals surface area contributed by atoms with Gasteiger partial charge in [-0.15, -0.1) is 0 Å². The van der Waals surface area contributed by atoms with Crippen molar-refractivity contribution in [3.05, 3.63) is 24.0 Å². The summed E-state index contributed by atoms with van der Waals surface area (Å²) in [6, 6.07) is 1.77. The first kappa shape index (κ1) is 11.9. The van der Waals surface area contributed by atoms with E-state index in [1.165, 1.54) is 6.20 Å². The predicted octanol–water partition coefficient (Wildman–Crippen LogP) is 1.40. The molecule has 5 nitrogen and oxygen atoms in total. The predicted molar refractivity (Wildman–Crippen MR) is 63.4 cm³/mol. The average Bonchev–Trinajstić information content (AvgIpc) is 2.38. The van der Waals surface area contributed by atoms with Gasteiger partial charge < -0.3 is 14.7 Å². The first-order valence-corrected chi connectivity index (χ1v) is 5.75. The second-order valence-electron chi connectivity index (χ2n) is 4.03. The van der Waals surface area contributed by atoms with Crippen molar-refractivity contribution in [2.45, 2.75) is 19.4 Å². The van der Waals surface area contributed by atoms with Crippen LogP contribution in [0.5, 0.6) is 0 Å². The van der Waals surface area contributed by atoms with Crippen molar-refractivity contribution >= 4 is 11.7 Å². The Morgan fingerprint density at radius 3 is 3.24 bits per heavy atom. The van der Waals surface area contributed by atoms with Crippen molar-refractivity contribution in [2.24, 2.45) is 0 Å². The zero-order valence-corrected chi connectivity index (χ0v) is 9.80. The summed E-state index contributed by atoms with van der Waals surface area (Å²) in [6.45, 7) is 4.06. The first-order valence-electron chi connectivity index (χ1n) is 5.75. The van der Waals surface area contributed by atoms with Crippen LogP contribution in [0.3, 0.4) is 0 Å². The number of hydrogen-bond donors (Lipinski definition) is 1. The van der Waals surface area contributed by atoms with Crippen molar-refractivity contribution in [2.75, 3.05) is 24.7 Å². The Labute approximate surface area is 100 Å². The molecule has 17 heavy (non-hydrogen) atoms. The van der Waals surface area contributed by atoms with Crippen LogP contribution < -0.4 is 4.90 Å². The third-order valence-corrected chi connectivity index (χ3v) is 3.04. The van der Waals surface area contributed by atoms with E-state index in [1.54, 1.807) is 12.3 Å². The number of morpholine rings is 1. The van der Waals surface area contributed by atoms with Gasteiger partial charge in [0.05, 0.1) is 36.7 Å². The van der Waals surface area contributed by atoms with E-state index in [0.717, 1.165) is 6.42 Å². The Hall–Kier alpha value is -1.62. The molecule has 0 saturated carbocycles. The molecule has 0 radical (unpaired) electrons. The molecule has 1 aromatic heterocycles. The third-order valence-electron chi connectivity index (χ3n) is 3.04. The largest absolute Gasteiger partial charge is 0.478 e. The number of carboxylic acid groups (broad SMARTS) is 1. The number of ether oxygens (including phenoxy) is 1. The highest BCUT2D eigenvalue weighted by Crippen LogP contribution is 2.24. The molecule has 1 N–H and O–H groups in total. The smallest absolute Gasteiger partial charge is 0.337 e. The van der Waals surface area contributed by atoms with Crippen molar-refractivity contribution in [3.63, 3.8) is 0 Å². The lowest BCUT2D eigenvalue weighted by Gasteiger charge is -2.37. The highest BCUT2D eigenvalue weighted by atomic mass is 16.5. The number of aromatic nitrogens is 1. The van der Waals surface area contributed by atoms with Crippen LogP contribution in [-0.4, -0.2) is 41.9 Å². The molecule has 0 bridgehead atoms. The molecule has 5 heteroatoms. The summed E-state index contributed by atoms with van der Waals surface area (Å²) in [5, 5.41) is 9.17. The second kappa shape index (κ2) is 5.14. The van der Waals surface area contributed by atoms with Crippen LogP contribution in [0.4, 0.5) is 5.69 Å². The van der Waals surface area contributed by atoms with Crippen molar-refractivity contribution in [3.8, 4) is 0 Å². The molecule has 92 valence electrons. The maximum absolute atomic E-state index is 11.2. The Bertz CT molecular complexity index is 408. The number of carbonyl (C=O) groups is 1. The Kier molecular flexibility index (Phi) is 3.58. The number of pyridine rings is 1. The summed E-state index contributed by atoms with van der Waals surface area (Å²) in [7, 11) is 0. The second-order valence-corrected chi connectivity index (χ2v) is 4.03. The van der Waals surface area contributed by atoms with E-state index < -0.39 is 5.97 Å². The molecule has 1 saturated heterocycles. The van der Waals surface area contributed by atoms with Crippen LogP contribution in [0, 0.1) is 0 Å². The molecular formula is C12H16N2O3. The fraction of sp³-hybridized carbons (Fsp3) is 0.500. The highest BCUT2D eigenvalue weighted by Gasteiger charge is 2.25. The lowest BCUT2D eigenvalue weighted by molar-refractivity contribution is 0.0693. The molecule has 0 aromatic carbocycles. The van der Waals surface area contributed by atoms with E-state index in [9.17, 15) is 4.79 Å². The van der Waals surface area contributed by atoms with Gasteiger partial charge in [0, 0.05) is 12.7 Å². The molecule has 2 heterocycles. The monoisotopic (exact) mass is 236 g/mol. The molecule has 0 amide bonds. The minimum Gasteiger partial charge on any atom is -0.478 e. The lowest BCUT2D eigenvalue weighted by Crippen LogP contribution is -2.45. The number of carboxylic acids is 1. The summed E-state index contributed by atoms with van der Waals surface area (Å²) in [5.74, 6) is -0.913. The van der Waals surface area contributed by atoms with Gasteiger partial charge in [0.2, 0.25) is 0 Å². The van der Waals surface area contributed by atoms with Crippen molar-refractivity contribution in [1.82, 2.24) is 4.98 Å². The van der Waals surface area contributed by atoms with Gasteiger partial charge in [-0.05, 0) is 12.5 Å². The minimum atomic E-state index is -0.913. The molecule has 1 aliphatic rings. The van der Waals surface area contributed by atoms with Crippen LogP contribution in [-0.2, 0) is 4.74 Å². The van der Waals surface area contributed by atoms with Gasteiger partial charge in [0.1, 0.15) is 0 Å². The minimum absolute atomic E-state index is 0.228. The molecule has 1 aliphatic heterocycles. The van der Waals surface area contributed by atoms with E-state index >= 15 is 0 Å². The summed E-state index contributed by atoms with van der Waals surface area (Å²) in [6.07, 6.45) is 4.06. The van der Waals surface area contributed by atoms with Gasteiger partial charge in [-0.25, -0.2) is 4.79 Å². The maximum atomic E-state index is 11.2. The maximum Gasteiger partial charge on any atom is 0.337 e. The number of rotatable bonds is 3. The quantitative estimate of drug-likeness (QED) is 0.859. The molecular weight excluding hydrogens is 220 g/mol. The van der Waals surface area contributed by atoms with Crippen LogP contribution in [0.1, 0.15) is 23.7 Å². The topological polar surface area (TPSA) is 62.7 Å². The summed E-state index contributed by atoms with van der Waals surface area (Å²) >= 11 is 0. The average molecular weight is 236 g/mol. The van der Waals surface area contributed by atoms with Gasteiger partial charge in [-0.3, -0.25) is 4.98 Å². The van der Waals surface area contributed by atoms with Crippen molar-refractivity contribution < 1.29 is 14.6 Å². The fourth-order valence-electron chi connectivity index (χ4n) is 2.11. The fourth-order valence-corrected chi connectivity index (χ4v) is 2.11. The molecule has 1 fully saturated rings. The molecule has 2 rings (SSSR count).